The van der Waals surface area contributed by atoms with Gasteiger partial charge in [0.15, 0.2) is 31.5 Å². The molecule has 0 unspecified atom stereocenters. The number of hydrogen-bond acceptors (Lipinski definition) is 22. The molecule has 22 heteroatoms. The zero-order valence-electron chi connectivity index (χ0n) is 52.0. The lowest BCUT2D eigenvalue weighted by Crippen LogP contribution is -2.60. The number of ether oxygens (including phenoxy) is 16. The predicted octanol–water partition coefficient (Wildman–Crippen LogP) is 5.66. The van der Waals surface area contributed by atoms with E-state index in [4.69, 9.17) is 85.6 Å². The van der Waals surface area contributed by atoms with E-state index in [1.54, 1.807) is 35.4 Å². The number of aliphatic hydroxyl groups excluding tert-OH is 3. The van der Waals surface area contributed by atoms with Crippen LogP contribution in [0.15, 0.2) is 11.6 Å². The van der Waals surface area contributed by atoms with Crippen LogP contribution < -0.4 is 0 Å². The van der Waals surface area contributed by atoms with Crippen molar-refractivity contribution >= 4 is 0 Å². The molecule has 84 heavy (non-hydrogen) atoms. The third-order valence-corrected chi connectivity index (χ3v) is 22.5. The molecular weight excluding hydrogens is 1100 g/mol. The number of allylic oxidation sites excluding steroid dienone is 1. The number of methoxy groups -OCH3 is 4. The van der Waals surface area contributed by atoms with Gasteiger partial charge in [-0.25, -0.2) is 4.89 Å². The molecule has 32 atom stereocenters. The van der Waals surface area contributed by atoms with Gasteiger partial charge >= 0.3 is 0 Å². The molecule has 0 aromatic carbocycles. The van der Waals surface area contributed by atoms with Crippen LogP contribution in [0.4, 0.5) is 0 Å². The predicted molar refractivity (Wildman–Crippen MR) is 296 cm³/mol. The van der Waals surface area contributed by atoms with Gasteiger partial charge in [-0.1, -0.05) is 25.5 Å². The lowest BCUT2D eigenvalue weighted by Gasteiger charge is -2.59. The molecule has 3 saturated carbocycles. The summed E-state index contributed by atoms with van der Waals surface area (Å²) in [5, 5.41) is 45.4. The maximum atomic E-state index is 12.8. The Morgan fingerprint density at radius 3 is 1.75 bits per heavy atom. The first-order valence-electron chi connectivity index (χ1n) is 31.8. The highest BCUT2D eigenvalue weighted by Crippen LogP contribution is 2.68. The molecule has 7 heterocycles. The Kier molecular flexibility index (Phi) is 19.8. The Hall–Kier alpha value is -1.14. The minimum atomic E-state index is -1.32. The van der Waals surface area contributed by atoms with Crippen molar-refractivity contribution in [1.82, 2.24) is 0 Å². The van der Waals surface area contributed by atoms with Crippen molar-refractivity contribution in [1.29, 1.82) is 0 Å². The Balaban J connectivity index is 0.645. The number of rotatable bonds is 15. The molecule has 7 aliphatic heterocycles. The highest BCUT2D eigenvalue weighted by atomic mass is 17.2. The van der Waals surface area contributed by atoms with Gasteiger partial charge in [-0.2, -0.15) is 4.89 Å². The molecule has 11 rings (SSSR count). The lowest BCUT2D eigenvalue weighted by atomic mass is 9.46. The van der Waals surface area contributed by atoms with Crippen molar-refractivity contribution in [2.45, 2.75) is 317 Å². The summed E-state index contributed by atoms with van der Waals surface area (Å²) in [5.41, 5.74) is 0.250. The molecule has 7 saturated heterocycles. The summed E-state index contributed by atoms with van der Waals surface area (Å²) in [7, 11) is 6.43. The molecule has 482 valence electrons. The van der Waals surface area contributed by atoms with Gasteiger partial charge in [-0.3, -0.25) is 0 Å². The summed E-state index contributed by atoms with van der Waals surface area (Å²) < 4.78 is 101. The fraction of sp³-hybridized carbons (Fsp3) is 0.968. The third-order valence-electron chi connectivity index (χ3n) is 22.5. The zero-order valence-corrected chi connectivity index (χ0v) is 52.0. The Morgan fingerprint density at radius 1 is 0.583 bits per heavy atom. The molecule has 0 radical (unpaired) electrons. The van der Waals surface area contributed by atoms with E-state index < -0.39 is 159 Å². The van der Waals surface area contributed by atoms with E-state index in [1.165, 1.54) is 5.57 Å². The molecule has 4 N–H and O–H groups in total. The Bertz CT molecular complexity index is 2200. The van der Waals surface area contributed by atoms with E-state index in [9.17, 15) is 20.4 Å². The lowest BCUT2D eigenvalue weighted by molar-refractivity contribution is -0.472. The topological polar surface area (TPSA) is 247 Å². The van der Waals surface area contributed by atoms with Crippen LogP contribution in [-0.2, 0) is 85.6 Å². The van der Waals surface area contributed by atoms with E-state index in [2.05, 4.69) is 19.9 Å². The summed E-state index contributed by atoms with van der Waals surface area (Å²) in [4.78, 5) is 12.4. The van der Waals surface area contributed by atoms with Crippen molar-refractivity contribution in [2.24, 2.45) is 28.6 Å². The van der Waals surface area contributed by atoms with Gasteiger partial charge in [0.25, 0.3) is 0 Å². The summed E-state index contributed by atoms with van der Waals surface area (Å²) in [6, 6.07) is 0. The minimum Gasteiger partial charge on any atom is -0.393 e. The van der Waals surface area contributed by atoms with Gasteiger partial charge in [-0.05, 0) is 123 Å². The summed E-state index contributed by atoms with van der Waals surface area (Å²) in [6.07, 6.45) is -2.54. The molecule has 0 amide bonds. The highest BCUT2D eigenvalue weighted by molar-refractivity contribution is 5.26. The van der Waals surface area contributed by atoms with Gasteiger partial charge in [0.05, 0.1) is 91.1 Å². The third kappa shape index (κ3) is 12.3. The molecule has 1 spiro atoms. The number of aliphatic hydroxyl groups is 4. The number of fused-ring (bicyclic) bond motifs is 6. The average Bonchev–Trinajstić information content (AvgIpc) is 1.66. The first kappa shape index (κ1) is 64.4. The zero-order chi connectivity index (χ0) is 59.8. The van der Waals surface area contributed by atoms with E-state index in [0.717, 1.165) is 44.9 Å². The first-order valence-corrected chi connectivity index (χ1v) is 31.8. The largest absolute Gasteiger partial charge is 0.393 e. The standard InChI is InChI=1S/C62H102O22/c1-30-53(65)43(67-10)24-50(72-30)80-56-33(4)74-51(25-44(56)68-11)78-54-31(2)73-48(23-42(54)64)79-55-32(3)75-52(26-45(55)69-12)81-57-35(6)82-61(28-47(57)70-13)29-71-46-27-49(76-34(5)58(46)83-84-61)77-36(7)62(66)21-18-41-39-15-14-37-22-38(63)16-19-59(37,8)40(39)17-20-60(41,62)9/h14,30-36,38-58,63-66H,15-29H2,1-13H3/t30-,31-,32-,33-,34-,35-,36+,38+,39-,40+,41+,42-,43+,44+,45+,46-,47-,48+,49+,50+,51+,52+,53-,54-,55-,56-,57-,58-,59+,60+,61+,62+/m1/s1. The van der Waals surface area contributed by atoms with Crippen LogP contribution in [0.2, 0.25) is 0 Å². The summed E-state index contributed by atoms with van der Waals surface area (Å²) in [5.74, 6) is 0.141. The maximum Gasteiger partial charge on any atom is 0.228 e. The molecule has 0 bridgehead atoms. The molecule has 4 aliphatic carbocycles. The van der Waals surface area contributed by atoms with Crippen molar-refractivity contribution in [3.8, 4) is 0 Å². The quantitative estimate of drug-likeness (QED) is 0.114. The van der Waals surface area contributed by atoms with Gasteiger partial charge in [0.2, 0.25) is 5.79 Å². The highest BCUT2D eigenvalue weighted by Gasteiger charge is 2.66. The molecule has 10 fully saturated rings. The smallest absolute Gasteiger partial charge is 0.228 e. The minimum absolute atomic E-state index is 0.0586. The fourth-order valence-electron chi connectivity index (χ4n) is 17.6. The van der Waals surface area contributed by atoms with E-state index in [1.807, 2.05) is 41.5 Å². The summed E-state index contributed by atoms with van der Waals surface area (Å²) >= 11 is 0. The normalized spacial score (nSPS) is 53.9. The second-order valence-electron chi connectivity index (χ2n) is 27.4. The first-order chi connectivity index (χ1) is 40.0. The van der Waals surface area contributed by atoms with Gasteiger partial charge < -0.3 is 96.2 Å². The van der Waals surface area contributed by atoms with E-state index in [-0.39, 0.29) is 36.4 Å². The van der Waals surface area contributed by atoms with Gasteiger partial charge in [-0.15, -0.1) is 0 Å². The van der Waals surface area contributed by atoms with Crippen LogP contribution in [0.5, 0.6) is 0 Å². The van der Waals surface area contributed by atoms with Crippen molar-refractivity contribution in [2.75, 3.05) is 35.0 Å². The van der Waals surface area contributed by atoms with E-state index >= 15 is 0 Å². The van der Waals surface area contributed by atoms with Crippen molar-refractivity contribution < 1.29 is 106 Å². The van der Waals surface area contributed by atoms with E-state index in [0.29, 0.717) is 49.9 Å². The molecule has 0 aromatic heterocycles. The maximum absolute atomic E-state index is 12.8. The second kappa shape index (κ2) is 25.9. The SMILES string of the molecule is CO[C@H]1C[C@H](O[C@H]2[C@@H](OC)C[C@H](O[C@H]3[C@H](O)C[C@H](O[C@H]4[C@@H](OC)C[C@H](O[C@@H]5[C@@H](C)O[C@@]6(CO[C@@H]7C[C@H](O[C@@H](C)[C@@]8(O)CC[C@H]9[C@@H]%10CC=C%11C[C@@H](O)CC[C@]%11(C)[C@H]%10CC[C@@]98C)O[C@H](C)[C@H]7OO6)C[C@H]5OC)O[C@@H]4C)O[C@@H]3C)O[C@@H]2C)O[C@H](C)[C@H]1O. The van der Waals surface area contributed by atoms with Crippen molar-refractivity contribution in [3.63, 3.8) is 0 Å². The van der Waals surface area contributed by atoms with Crippen LogP contribution in [0.25, 0.3) is 0 Å². The second-order valence-corrected chi connectivity index (χ2v) is 27.4. The average molecular weight is 1200 g/mol. The van der Waals surface area contributed by atoms with Crippen LogP contribution in [0, 0.1) is 28.6 Å². The van der Waals surface area contributed by atoms with Crippen LogP contribution in [0.1, 0.15) is 152 Å². The van der Waals surface area contributed by atoms with Crippen LogP contribution in [-0.4, -0.2) is 220 Å². The van der Waals surface area contributed by atoms with Crippen LogP contribution in [0.3, 0.4) is 0 Å². The fourth-order valence-corrected chi connectivity index (χ4v) is 17.6. The van der Waals surface area contributed by atoms with Gasteiger partial charge in [0.1, 0.15) is 43.2 Å². The summed E-state index contributed by atoms with van der Waals surface area (Å²) in [6.45, 7) is 18.0. The Labute approximate surface area is 496 Å². The molecule has 11 aliphatic rings. The Morgan fingerprint density at radius 2 is 1.13 bits per heavy atom. The van der Waals surface area contributed by atoms with Crippen LogP contribution >= 0.6 is 0 Å². The van der Waals surface area contributed by atoms with Gasteiger partial charge in [0, 0.05) is 72.4 Å². The van der Waals surface area contributed by atoms with Crippen molar-refractivity contribution in [3.05, 3.63) is 11.6 Å². The monoisotopic (exact) mass is 1200 g/mol. The number of hydrogen-bond donors (Lipinski definition) is 4. The molecular formula is C62H102O22. The molecule has 0 aromatic rings. The molecule has 22 nitrogen and oxygen atoms in total.